The number of aromatic nitrogens is 3. The minimum Gasteiger partial charge on any atom is -0.383 e. The maximum absolute atomic E-state index is 12.7. The van der Waals surface area contributed by atoms with Crippen molar-refractivity contribution in [3.63, 3.8) is 0 Å². The highest BCUT2D eigenvalue weighted by Gasteiger charge is 2.28. The highest BCUT2D eigenvalue weighted by Crippen LogP contribution is 2.28. The molecule has 2 aliphatic rings. The number of amides is 2. The Balaban J connectivity index is 1.53. The van der Waals surface area contributed by atoms with Crippen molar-refractivity contribution in [2.75, 3.05) is 33.4 Å². The van der Waals surface area contributed by atoms with Crippen LogP contribution in [-0.4, -0.2) is 65.1 Å². The quantitative estimate of drug-likeness (QED) is 0.732. The standard InChI is InChI=1S/C19H31N5O3/c1-27-11-9-20-19(26)17-14-24(22-21-17)16-8-5-10-23(13-16)18(25)12-15-6-3-2-4-7-15/h14-16H,2-13H2,1H3,(H,20,26)/t16-/m1/s1. The van der Waals surface area contributed by atoms with Crippen LogP contribution in [0.1, 0.15) is 67.9 Å². The van der Waals surface area contributed by atoms with Crippen molar-refractivity contribution in [1.29, 1.82) is 0 Å². The first-order valence-electron chi connectivity index (χ1n) is 10.1. The molecule has 1 saturated carbocycles. The maximum atomic E-state index is 12.7. The lowest BCUT2D eigenvalue weighted by molar-refractivity contribution is -0.134. The SMILES string of the molecule is COCCNC(=O)c1cn([C@@H]2CCCN(C(=O)CC3CCCCC3)C2)nn1. The molecule has 2 amide bonds. The Morgan fingerprint density at radius 1 is 1.22 bits per heavy atom. The Morgan fingerprint density at radius 2 is 2.04 bits per heavy atom. The van der Waals surface area contributed by atoms with Gasteiger partial charge in [0.15, 0.2) is 5.69 Å². The number of hydrogen-bond donors (Lipinski definition) is 1. The molecule has 0 unspecified atom stereocenters. The van der Waals surface area contributed by atoms with E-state index in [1.54, 1.807) is 18.0 Å². The molecule has 1 aliphatic carbocycles. The first kappa shape index (κ1) is 19.8. The summed E-state index contributed by atoms with van der Waals surface area (Å²) in [6, 6.07) is 0.0853. The fraction of sp³-hybridized carbons (Fsp3) is 0.789. The number of carbonyl (C=O) groups is 2. The van der Waals surface area contributed by atoms with Gasteiger partial charge in [0.05, 0.1) is 18.8 Å². The van der Waals surface area contributed by atoms with E-state index >= 15 is 0 Å². The normalized spacial score (nSPS) is 21.2. The molecule has 8 heteroatoms. The zero-order valence-electron chi connectivity index (χ0n) is 16.2. The fourth-order valence-electron chi connectivity index (χ4n) is 4.08. The summed E-state index contributed by atoms with van der Waals surface area (Å²) < 4.78 is 6.66. The van der Waals surface area contributed by atoms with E-state index in [2.05, 4.69) is 15.6 Å². The third-order valence-corrected chi connectivity index (χ3v) is 5.65. The minimum atomic E-state index is -0.251. The highest BCUT2D eigenvalue weighted by atomic mass is 16.5. The van der Waals surface area contributed by atoms with E-state index in [1.165, 1.54) is 32.1 Å². The molecule has 2 fully saturated rings. The molecule has 2 heterocycles. The van der Waals surface area contributed by atoms with E-state index in [1.807, 2.05) is 4.90 Å². The Morgan fingerprint density at radius 3 is 2.81 bits per heavy atom. The van der Waals surface area contributed by atoms with Crippen LogP contribution >= 0.6 is 0 Å². The van der Waals surface area contributed by atoms with E-state index in [4.69, 9.17) is 4.74 Å². The second-order valence-electron chi connectivity index (χ2n) is 7.68. The molecular formula is C19H31N5O3. The predicted octanol–water partition coefficient (Wildman–Crippen LogP) is 1.79. The highest BCUT2D eigenvalue weighted by molar-refractivity contribution is 5.91. The number of rotatable bonds is 7. The van der Waals surface area contributed by atoms with Crippen LogP contribution in [0.5, 0.6) is 0 Å². The molecular weight excluding hydrogens is 346 g/mol. The number of ether oxygens (including phenoxy) is 1. The van der Waals surface area contributed by atoms with E-state index in [0.29, 0.717) is 37.7 Å². The number of carbonyl (C=O) groups excluding carboxylic acids is 2. The molecule has 0 bridgehead atoms. The third kappa shape index (κ3) is 5.51. The molecule has 3 rings (SSSR count). The van der Waals surface area contributed by atoms with Gasteiger partial charge in [-0.1, -0.05) is 24.5 Å². The molecule has 1 aliphatic heterocycles. The van der Waals surface area contributed by atoms with Crippen molar-refractivity contribution in [2.24, 2.45) is 5.92 Å². The summed E-state index contributed by atoms with van der Waals surface area (Å²) in [6.07, 6.45) is 10.5. The van der Waals surface area contributed by atoms with Gasteiger partial charge in [-0.2, -0.15) is 0 Å². The summed E-state index contributed by atoms with van der Waals surface area (Å²) >= 11 is 0. The third-order valence-electron chi connectivity index (χ3n) is 5.65. The molecule has 27 heavy (non-hydrogen) atoms. The van der Waals surface area contributed by atoms with Crippen molar-refractivity contribution in [3.05, 3.63) is 11.9 Å². The average molecular weight is 377 g/mol. The van der Waals surface area contributed by atoms with E-state index in [0.717, 1.165) is 19.4 Å². The van der Waals surface area contributed by atoms with Crippen LogP contribution in [0, 0.1) is 5.92 Å². The van der Waals surface area contributed by atoms with Crippen molar-refractivity contribution in [3.8, 4) is 0 Å². The molecule has 1 N–H and O–H groups in total. The van der Waals surface area contributed by atoms with Crippen LogP contribution < -0.4 is 5.32 Å². The topological polar surface area (TPSA) is 89.4 Å². The second-order valence-corrected chi connectivity index (χ2v) is 7.68. The molecule has 1 aromatic rings. The molecule has 0 radical (unpaired) electrons. The van der Waals surface area contributed by atoms with Gasteiger partial charge in [-0.05, 0) is 31.6 Å². The molecule has 1 atom stereocenters. The molecule has 1 saturated heterocycles. The van der Waals surface area contributed by atoms with Crippen LogP contribution in [-0.2, 0) is 9.53 Å². The van der Waals surface area contributed by atoms with Crippen molar-refractivity contribution >= 4 is 11.8 Å². The molecule has 1 aromatic heterocycles. The Kier molecular flexibility index (Phi) is 7.20. The molecule has 150 valence electrons. The number of methoxy groups -OCH3 is 1. The Bertz CT molecular complexity index is 627. The largest absolute Gasteiger partial charge is 0.383 e. The molecule has 0 spiro atoms. The van der Waals surface area contributed by atoms with E-state index in [-0.39, 0.29) is 17.9 Å². The minimum absolute atomic E-state index is 0.0853. The van der Waals surface area contributed by atoms with Gasteiger partial charge in [0, 0.05) is 33.2 Å². The van der Waals surface area contributed by atoms with Crippen LogP contribution in [0.15, 0.2) is 6.20 Å². The maximum Gasteiger partial charge on any atom is 0.273 e. The summed E-state index contributed by atoms with van der Waals surface area (Å²) in [6.45, 7) is 2.37. The lowest BCUT2D eigenvalue weighted by atomic mass is 9.86. The van der Waals surface area contributed by atoms with Crippen molar-refractivity contribution in [1.82, 2.24) is 25.2 Å². The lowest BCUT2D eigenvalue weighted by Crippen LogP contribution is -2.41. The molecule has 0 aromatic carbocycles. The van der Waals surface area contributed by atoms with Gasteiger partial charge in [0.2, 0.25) is 5.91 Å². The monoisotopic (exact) mass is 377 g/mol. The first-order chi connectivity index (χ1) is 13.2. The summed E-state index contributed by atoms with van der Waals surface area (Å²) in [5, 5.41) is 10.9. The lowest BCUT2D eigenvalue weighted by Gasteiger charge is -2.34. The van der Waals surface area contributed by atoms with Gasteiger partial charge in [0.25, 0.3) is 5.91 Å². The van der Waals surface area contributed by atoms with Crippen LogP contribution in [0.2, 0.25) is 0 Å². The van der Waals surface area contributed by atoms with E-state index in [9.17, 15) is 9.59 Å². The van der Waals surface area contributed by atoms with Crippen molar-refractivity contribution < 1.29 is 14.3 Å². The van der Waals surface area contributed by atoms with E-state index < -0.39 is 0 Å². The summed E-state index contributed by atoms with van der Waals surface area (Å²) in [7, 11) is 1.59. The number of likely N-dealkylation sites (tertiary alicyclic amines) is 1. The Hall–Kier alpha value is -1.96. The van der Waals surface area contributed by atoms with Gasteiger partial charge in [0.1, 0.15) is 0 Å². The van der Waals surface area contributed by atoms with Gasteiger partial charge in [-0.25, -0.2) is 4.68 Å². The number of nitrogens with one attached hydrogen (secondary N) is 1. The first-order valence-corrected chi connectivity index (χ1v) is 10.1. The average Bonchev–Trinajstić information content (AvgIpc) is 3.19. The van der Waals surface area contributed by atoms with Crippen LogP contribution in [0.3, 0.4) is 0 Å². The second kappa shape index (κ2) is 9.82. The summed E-state index contributed by atoms with van der Waals surface area (Å²) in [4.78, 5) is 26.7. The smallest absolute Gasteiger partial charge is 0.273 e. The number of hydrogen-bond acceptors (Lipinski definition) is 5. The van der Waals surface area contributed by atoms with Gasteiger partial charge in [-0.15, -0.1) is 5.10 Å². The van der Waals surface area contributed by atoms with Gasteiger partial charge in [-0.3, -0.25) is 9.59 Å². The summed E-state index contributed by atoms with van der Waals surface area (Å²) in [5.74, 6) is 0.573. The Labute approximate surface area is 160 Å². The van der Waals surface area contributed by atoms with Gasteiger partial charge < -0.3 is 15.0 Å². The van der Waals surface area contributed by atoms with Crippen molar-refractivity contribution in [2.45, 2.75) is 57.4 Å². The van der Waals surface area contributed by atoms with Crippen LogP contribution in [0.4, 0.5) is 0 Å². The van der Waals surface area contributed by atoms with Gasteiger partial charge >= 0.3 is 0 Å². The summed E-state index contributed by atoms with van der Waals surface area (Å²) in [5.41, 5.74) is 0.303. The number of piperidine rings is 1. The van der Waals surface area contributed by atoms with Crippen LogP contribution in [0.25, 0.3) is 0 Å². The zero-order valence-corrected chi connectivity index (χ0v) is 16.2. The predicted molar refractivity (Wildman–Crippen MR) is 100 cm³/mol. The zero-order chi connectivity index (χ0) is 19.1. The number of nitrogens with zero attached hydrogens (tertiary/aromatic N) is 4. The molecule has 8 nitrogen and oxygen atoms in total. The fourth-order valence-corrected chi connectivity index (χ4v) is 4.08.